The van der Waals surface area contributed by atoms with Crippen LogP contribution in [0.5, 0.6) is 0 Å². The maximum atomic E-state index is 4.04. The van der Waals surface area contributed by atoms with Crippen molar-refractivity contribution < 1.29 is 21.5 Å². The van der Waals surface area contributed by atoms with Crippen LogP contribution >= 0.6 is 15.9 Å². The van der Waals surface area contributed by atoms with E-state index in [-0.39, 0.29) is 17.0 Å². The number of halogens is 2. The molecular formula is C42H60Br2N2. The predicted octanol–water partition coefficient (Wildman–Crippen LogP) is 8.84. The van der Waals surface area contributed by atoms with E-state index in [2.05, 4.69) is 131 Å². The van der Waals surface area contributed by atoms with Crippen molar-refractivity contribution in [1.29, 1.82) is 0 Å². The molecule has 2 aromatic carbocycles. The largest absolute Gasteiger partial charge is 1.00 e. The molecule has 0 saturated carbocycles. The summed E-state index contributed by atoms with van der Waals surface area (Å²) in [5.74, 6) is 0. The summed E-state index contributed by atoms with van der Waals surface area (Å²) in [5, 5.41) is 1.16. The average Bonchev–Trinajstić information content (AvgIpc) is 3.04. The van der Waals surface area contributed by atoms with Crippen LogP contribution in [-0.2, 0) is 19.4 Å². The molecule has 0 N–H and O–H groups in total. The summed E-state index contributed by atoms with van der Waals surface area (Å²) in [6.45, 7) is 9.58. The number of hydrogen-bond donors (Lipinski definition) is 0. The van der Waals surface area contributed by atoms with Crippen molar-refractivity contribution >= 4 is 15.9 Å². The van der Waals surface area contributed by atoms with Crippen molar-refractivity contribution in [3.63, 3.8) is 0 Å². The number of rotatable bonds is 17. The average molecular weight is 753 g/mol. The third-order valence-electron chi connectivity index (χ3n) is 8.11. The van der Waals surface area contributed by atoms with Crippen LogP contribution in [0.25, 0.3) is 0 Å². The van der Waals surface area contributed by atoms with Crippen molar-refractivity contribution in [1.82, 2.24) is 4.98 Å². The molecule has 4 heteroatoms. The lowest BCUT2D eigenvalue weighted by molar-refractivity contribution is -0.703. The number of benzene rings is 2. The lowest BCUT2D eigenvalue weighted by atomic mass is 10.0. The van der Waals surface area contributed by atoms with Gasteiger partial charge in [-0.3, -0.25) is 4.98 Å². The van der Waals surface area contributed by atoms with Crippen LogP contribution in [0.15, 0.2) is 97.3 Å². The maximum Gasteiger partial charge on any atom is 0.178 e. The van der Waals surface area contributed by atoms with Gasteiger partial charge in [-0.1, -0.05) is 122 Å². The third-order valence-corrected chi connectivity index (χ3v) is 8.67. The summed E-state index contributed by atoms with van der Waals surface area (Å²) < 4.78 is 2.38. The quantitative estimate of drug-likeness (QED) is 0.0599. The molecule has 0 atom stereocenters. The van der Waals surface area contributed by atoms with Crippen LogP contribution in [0.1, 0.15) is 111 Å². The van der Waals surface area contributed by atoms with Crippen LogP contribution in [0.3, 0.4) is 0 Å². The molecule has 0 fully saturated rings. The van der Waals surface area contributed by atoms with E-state index in [0.29, 0.717) is 0 Å². The minimum atomic E-state index is 0. The van der Waals surface area contributed by atoms with Crippen LogP contribution in [-0.4, -0.2) is 10.3 Å². The van der Waals surface area contributed by atoms with Gasteiger partial charge in [0.25, 0.3) is 0 Å². The van der Waals surface area contributed by atoms with E-state index < -0.39 is 0 Å². The van der Waals surface area contributed by atoms with E-state index in [0.717, 1.165) is 17.6 Å². The first-order chi connectivity index (χ1) is 22.0. The number of pyridine rings is 2. The summed E-state index contributed by atoms with van der Waals surface area (Å²) in [5.41, 5.74) is 8.06. The highest BCUT2D eigenvalue weighted by Crippen LogP contribution is 2.11. The second-order valence-corrected chi connectivity index (χ2v) is 13.2. The molecule has 4 aromatic rings. The summed E-state index contributed by atoms with van der Waals surface area (Å²) in [6.07, 6.45) is 22.9. The van der Waals surface area contributed by atoms with Gasteiger partial charge in [0.2, 0.25) is 0 Å². The SMILES string of the molecule is BrCCCCCCCCc1ccccc1.Cc1cc[n+](CCCCCCCCc2ccccc2)c(C)c1.Cc1ccnc(C)c1.[Br-]. The Morgan fingerprint density at radius 2 is 1.02 bits per heavy atom. The fourth-order valence-corrected chi connectivity index (χ4v) is 5.86. The van der Waals surface area contributed by atoms with E-state index in [1.807, 2.05) is 19.2 Å². The zero-order valence-electron chi connectivity index (χ0n) is 29.2. The monoisotopic (exact) mass is 750 g/mol. The van der Waals surface area contributed by atoms with Crippen molar-refractivity contribution in [3.8, 4) is 0 Å². The number of alkyl halides is 1. The fraction of sp³-hybridized carbons (Fsp3) is 0.476. The molecule has 2 nitrogen and oxygen atoms in total. The Hall–Kier alpha value is -2.30. The molecule has 0 unspecified atom stereocenters. The molecule has 0 aliphatic heterocycles. The first-order valence-electron chi connectivity index (χ1n) is 17.5. The molecule has 0 amide bonds. The fourth-order valence-electron chi connectivity index (χ4n) is 5.46. The first-order valence-corrected chi connectivity index (χ1v) is 18.6. The van der Waals surface area contributed by atoms with Gasteiger partial charge in [0.05, 0.1) is 0 Å². The van der Waals surface area contributed by atoms with Gasteiger partial charge < -0.3 is 17.0 Å². The highest BCUT2D eigenvalue weighted by atomic mass is 79.9. The highest BCUT2D eigenvalue weighted by molar-refractivity contribution is 9.09. The second kappa shape index (κ2) is 27.8. The van der Waals surface area contributed by atoms with Gasteiger partial charge in [0.1, 0.15) is 6.54 Å². The number of aryl methyl sites for hydroxylation is 7. The molecule has 0 spiro atoms. The van der Waals surface area contributed by atoms with Crippen LogP contribution in [0, 0.1) is 27.7 Å². The van der Waals surface area contributed by atoms with Gasteiger partial charge in [-0.05, 0) is 93.7 Å². The van der Waals surface area contributed by atoms with E-state index in [4.69, 9.17) is 0 Å². The molecule has 2 aromatic heterocycles. The standard InChI is InChI=1S/C21H30N.C14H21Br.C7H9N.BrH/c1-19-15-17-22(20(2)18-19)16-11-6-4-3-5-8-12-21-13-9-7-10-14-21;15-13-9-4-2-1-3-6-10-14-11-7-5-8-12-14;1-6-3-4-8-7(2)5-6;/h7,9-10,13-15,17-18H,3-6,8,11-12,16H2,1-2H3;5,7-8,11-12H,1-4,6,9-10,13H2;3-5H,1-2H3;1H/q+1;;;/p-1. The van der Waals surface area contributed by atoms with E-state index in [1.165, 1.54) is 118 Å². The molecule has 0 bridgehead atoms. The van der Waals surface area contributed by atoms with Gasteiger partial charge >= 0.3 is 0 Å². The Balaban J connectivity index is 0.000000380. The number of aromatic nitrogens is 2. The molecule has 0 saturated heterocycles. The molecule has 4 rings (SSSR count). The van der Waals surface area contributed by atoms with E-state index in [1.54, 1.807) is 0 Å². The zero-order chi connectivity index (χ0) is 32.4. The van der Waals surface area contributed by atoms with Crippen LogP contribution < -0.4 is 21.5 Å². The molecule has 2 heterocycles. The van der Waals surface area contributed by atoms with E-state index >= 15 is 0 Å². The van der Waals surface area contributed by atoms with Gasteiger partial charge in [-0.25, -0.2) is 4.57 Å². The van der Waals surface area contributed by atoms with Crippen LogP contribution in [0.2, 0.25) is 0 Å². The van der Waals surface area contributed by atoms with Crippen molar-refractivity contribution in [2.75, 3.05) is 5.33 Å². The summed E-state index contributed by atoms with van der Waals surface area (Å²) in [4.78, 5) is 4.04. The zero-order valence-corrected chi connectivity index (χ0v) is 32.4. The Bertz CT molecular complexity index is 1240. The van der Waals surface area contributed by atoms with Gasteiger partial charge in [0, 0.05) is 42.7 Å². The smallest absolute Gasteiger partial charge is 0.178 e. The summed E-state index contributed by atoms with van der Waals surface area (Å²) in [6, 6.07) is 30.2. The molecule has 46 heavy (non-hydrogen) atoms. The normalized spacial score (nSPS) is 10.2. The maximum absolute atomic E-state index is 4.04. The molecule has 0 radical (unpaired) electrons. The topological polar surface area (TPSA) is 16.8 Å². The lowest BCUT2D eigenvalue weighted by Crippen LogP contribution is -3.00. The molecular weight excluding hydrogens is 692 g/mol. The second-order valence-electron chi connectivity index (χ2n) is 12.4. The van der Waals surface area contributed by atoms with Crippen molar-refractivity contribution in [2.24, 2.45) is 0 Å². The summed E-state index contributed by atoms with van der Waals surface area (Å²) in [7, 11) is 0. The van der Waals surface area contributed by atoms with Crippen molar-refractivity contribution in [2.45, 2.75) is 124 Å². The number of nitrogens with zero attached hydrogens (tertiary/aromatic N) is 2. The minimum Gasteiger partial charge on any atom is -1.00 e. The van der Waals surface area contributed by atoms with Gasteiger partial charge in [0.15, 0.2) is 11.9 Å². The molecule has 252 valence electrons. The number of hydrogen-bond acceptors (Lipinski definition) is 1. The van der Waals surface area contributed by atoms with Crippen LogP contribution in [0.4, 0.5) is 0 Å². The van der Waals surface area contributed by atoms with Crippen molar-refractivity contribution in [3.05, 3.63) is 131 Å². The Kier molecular flexibility index (Phi) is 25.2. The Labute approximate surface area is 301 Å². The third kappa shape index (κ3) is 21.5. The van der Waals surface area contributed by atoms with Gasteiger partial charge in [-0.15, -0.1) is 0 Å². The highest BCUT2D eigenvalue weighted by Gasteiger charge is 2.05. The minimum absolute atomic E-state index is 0. The molecule has 0 aliphatic rings. The van der Waals surface area contributed by atoms with Gasteiger partial charge in [-0.2, -0.15) is 0 Å². The lowest BCUT2D eigenvalue weighted by Gasteiger charge is -2.03. The summed E-state index contributed by atoms with van der Waals surface area (Å²) >= 11 is 3.46. The Morgan fingerprint density at radius 1 is 0.543 bits per heavy atom. The van der Waals surface area contributed by atoms with E-state index in [9.17, 15) is 0 Å². The Morgan fingerprint density at radius 3 is 1.48 bits per heavy atom. The first kappa shape index (κ1) is 41.7. The number of unbranched alkanes of at least 4 members (excludes halogenated alkanes) is 10. The predicted molar refractivity (Wildman–Crippen MR) is 199 cm³/mol. The molecule has 0 aliphatic carbocycles.